The molecule has 0 aliphatic heterocycles. The van der Waals surface area contributed by atoms with Crippen LogP contribution in [0.5, 0.6) is 5.88 Å². The van der Waals surface area contributed by atoms with Gasteiger partial charge in [0, 0.05) is 35.4 Å². The highest BCUT2D eigenvalue weighted by Crippen LogP contribution is 2.30. The number of pyridine rings is 1. The Bertz CT molecular complexity index is 611. The first-order chi connectivity index (χ1) is 9.76. The van der Waals surface area contributed by atoms with Gasteiger partial charge in [-0.05, 0) is 36.1 Å². The molecule has 0 amide bonds. The van der Waals surface area contributed by atoms with E-state index < -0.39 is 0 Å². The number of hydrogen-bond donors (Lipinski definition) is 1. The van der Waals surface area contributed by atoms with Crippen molar-refractivity contribution in [3.63, 3.8) is 0 Å². The summed E-state index contributed by atoms with van der Waals surface area (Å²) < 4.78 is 5.15. The summed E-state index contributed by atoms with van der Waals surface area (Å²) in [6.45, 7) is 0.879. The van der Waals surface area contributed by atoms with Gasteiger partial charge >= 0.3 is 0 Å². The maximum Gasteiger partial charge on any atom is 0.213 e. The van der Waals surface area contributed by atoms with Gasteiger partial charge in [-0.3, -0.25) is 0 Å². The molecule has 0 radical (unpaired) electrons. The highest BCUT2D eigenvalue weighted by atomic mass is 35.5. The minimum absolute atomic E-state index is 0.595. The first kappa shape index (κ1) is 13.4. The van der Waals surface area contributed by atoms with Gasteiger partial charge in [-0.2, -0.15) is 0 Å². The van der Waals surface area contributed by atoms with E-state index in [1.165, 1.54) is 18.4 Å². The third kappa shape index (κ3) is 3.11. The zero-order valence-electron chi connectivity index (χ0n) is 11.4. The van der Waals surface area contributed by atoms with Gasteiger partial charge in [-0.25, -0.2) is 4.98 Å². The van der Waals surface area contributed by atoms with E-state index in [9.17, 15) is 0 Å². The molecule has 1 aliphatic carbocycles. The SMILES string of the molecule is COc1cc(-c2ccc(CNC3CC3)cc2Cl)ccn1. The molecule has 0 spiro atoms. The van der Waals surface area contributed by atoms with Gasteiger partial charge in [-0.15, -0.1) is 0 Å². The number of benzene rings is 1. The lowest BCUT2D eigenvalue weighted by Gasteiger charge is -2.09. The lowest BCUT2D eigenvalue weighted by atomic mass is 10.0. The number of nitrogens with zero attached hydrogens (tertiary/aromatic N) is 1. The average molecular weight is 289 g/mol. The summed E-state index contributed by atoms with van der Waals surface area (Å²) in [5.74, 6) is 0.595. The first-order valence-corrected chi connectivity index (χ1v) is 7.16. The highest BCUT2D eigenvalue weighted by Gasteiger charge is 2.20. The van der Waals surface area contributed by atoms with Crippen molar-refractivity contribution in [2.75, 3.05) is 7.11 Å². The standard InChI is InChI=1S/C16H17ClN2O/c1-20-16-9-12(6-7-18-16)14-5-2-11(8-15(14)17)10-19-13-3-4-13/h2,5-9,13,19H,3-4,10H2,1H3. The summed E-state index contributed by atoms with van der Waals surface area (Å²) in [4.78, 5) is 4.11. The smallest absolute Gasteiger partial charge is 0.213 e. The quantitative estimate of drug-likeness (QED) is 0.912. The van der Waals surface area contributed by atoms with Crippen molar-refractivity contribution < 1.29 is 4.74 Å². The number of methoxy groups -OCH3 is 1. The van der Waals surface area contributed by atoms with Gasteiger partial charge in [0.25, 0.3) is 0 Å². The third-order valence-corrected chi connectivity index (χ3v) is 3.77. The average Bonchev–Trinajstić information content (AvgIpc) is 3.29. The lowest BCUT2D eigenvalue weighted by molar-refractivity contribution is 0.398. The van der Waals surface area contributed by atoms with E-state index in [1.54, 1.807) is 13.3 Å². The summed E-state index contributed by atoms with van der Waals surface area (Å²) >= 11 is 6.40. The molecule has 4 heteroatoms. The zero-order valence-corrected chi connectivity index (χ0v) is 12.2. The van der Waals surface area contributed by atoms with Crippen LogP contribution in [0.15, 0.2) is 36.5 Å². The first-order valence-electron chi connectivity index (χ1n) is 6.78. The monoisotopic (exact) mass is 288 g/mol. The van der Waals surface area contributed by atoms with Crippen LogP contribution in [-0.2, 0) is 6.54 Å². The molecule has 3 rings (SSSR count). The molecule has 2 aromatic rings. The largest absolute Gasteiger partial charge is 0.481 e. The molecular weight excluding hydrogens is 272 g/mol. The Morgan fingerprint density at radius 3 is 2.85 bits per heavy atom. The molecule has 104 valence electrons. The second-order valence-electron chi connectivity index (χ2n) is 5.06. The minimum Gasteiger partial charge on any atom is -0.481 e. The van der Waals surface area contributed by atoms with Crippen molar-refractivity contribution in [3.8, 4) is 17.0 Å². The Balaban J connectivity index is 1.81. The number of aromatic nitrogens is 1. The van der Waals surface area contributed by atoms with Crippen molar-refractivity contribution in [2.24, 2.45) is 0 Å². The van der Waals surface area contributed by atoms with Crippen LogP contribution in [0, 0.1) is 0 Å². The van der Waals surface area contributed by atoms with E-state index in [1.807, 2.05) is 18.2 Å². The second-order valence-corrected chi connectivity index (χ2v) is 5.46. The van der Waals surface area contributed by atoms with Gasteiger partial charge < -0.3 is 10.1 Å². The number of rotatable bonds is 5. The molecule has 1 heterocycles. The maximum absolute atomic E-state index is 6.40. The van der Waals surface area contributed by atoms with E-state index in [4.69, 9.17) is 16.3 Å². The summed E-state index contributed by atoms with van der Waals surface area (Å²) in [5.41, 5.74) is 3.23. The summed E-state index contributed by atoms with van der Waals surface area (Å²) in [6, 6.07) is 10.7. The molecule has 1 fully saturated rings. The van der Waals surface area contributed by atoms with E-state index in [-0.39, 0.29) is 0 Å². The molecule has 0 atom stereocenters. The summed E-state index contributed by atoms with van der Waals surface area (Å²) in [5, 5.41) is 4.25. The molecule has 3 nitrogen and oxygen atoms in total. The van der Waals surface area contributed by atoms with Crippen molar-refractivity contribution in [1.82, 2.24) is 10.3 Å². The Kier molecular flexibility index (Phi) is 3.90. The number of nitrogens with one attached hydrogen (secondary N) is 1. The third-order valence-electron chi connectivity index (χ3n) is 3.46. The van der Waals surface area contributed by atoms with Crippen molar-refractivity contribution >= 4 is 11.6 Å². The molecule has 1 aliphatic rings. The van der Waals surface area contributed by atoms with Crippen LogP contribution in [0.25, 0.3) is 11.1 Å². The van der Waals surface area contributed by atoms with Crippen LogP contribution in [0.2, 0.25) is 5.02 Å². The highest BCUT2D eigenvalue weighted by molar-refractivity contribution is 6.33. The van der Waals surface area contributed by atoms with Gasteiger partial charge in [-0.1, -0.05) is 23.7 Å². The van der Waals surface area contributed by atoms with Crippen LogP contribution in [0.3, 0.4) is 0 Å². The molecule has 1 aromatic carbocycles. The van der Waals surface area contributed by atoms with Gasteiger partial charge in [0.05, 0.1) is 7.11 Å². The topological polar surface area (TPSA) is 34.1 Å². The molecule has 0 saturated heterocycles. The number of hydrogen-bond acceptors (Lipinski definition) is 3. The molecular formula is C16H17ClN2O. The van der Waals surface area contributed by atoms with Crippen molar-refractivity contribution in [1.29, 1.82) is 0 Å². The summed E-state index contributed by atoms with van der Waals surface area (Å²) in [7, 11) is 1.61. The number of halogens is 1. The van der Waals surface area contributed by atoms with Crippen LogP contribution in [0.1, 0.15) is 18.4 Å². The van der Waals surface area contributed by atoms with E-state index in [2.05, 4.69) is 22.4 Å². The van der Waals surface area contributed by atoms with Gasteiger partial charge in [0.2, 0.25) is 5.88 Å². The van der Waals surface area contributed by atoms with Crippen LogP contribution in [-0.4, -0.2) is 18.1 Å². The zero-order chi connectivity index (χ0) is 13.9. The molecule has 0 bridgehead atoms. The fourth-order valence-corrected chi connectivity index (χ4v) is 2.45. The Morgan fingerprint density at radius 1 is 1.30 bits per heavy atom. The number of ether oxygens (including phenoxy) is 1. The van der Waals surface area contributed by atoms with Crippen LogP contribution in [0.4, 0.5) is 0 Å². The maximum atomic E-state index is 6.40. The normalized spacial score (nSPS) is 14.3. The van der Waals surface area contributed by atoms with E-state index in [0.29, 0.717) is 11.9 Å². The Hall–Kier alpha value is -1.58. The predicted molar refractivity (Wildman–Crippen MR) is 81.1 cm³/mol. The predicted octanol–water partition coefficient (Wildman–Crippen LogP) is 3.66. The van der Waals surface area contributed by atoms with Crippen LogP contribution >= 0.6 is 11.6 Å². The van der Waals surface area contributed by atoms with E-state index >= 15 is 0 Å². The van der Waals surface area contributed by atoms with Gasteiger partial charge in [0.1, 0.15) is 0 Å². The minimum atomic E-state index is 0.595. The fraction of sp³-hybridized carbons (Fsp3) is 0.312. The van der Waals surface area contributed by atoms with Crippen LogP contribution < -0.4 is 10.1 Å². The van der Waals surface area contributed by atoms with Gasteiger partial charge in [0.15, 0.2) is 0 Å². The molecule has 20 heavy (non-hydrogen) atoms. The van der Waals surface area contributed by atoms with E-state index in [0.717, 1.165) is 22.7 Å². The Labute approximate surface area is 123 Å². The fourth-order valence-electron chi connectivity index (χ4n) is 2.14. The summed E-state index contributed by atoms with van der Waals surface area (Å²) in [6.07, 6.45) is 4.32. The lowest BCUT2D eigenvalue weighted by Crippen LogP contribution is -2.15. The molecule has 0 unspecified atom stereocenters. The van der Waals surface area contributed by atoms with Crippen molar-refractivity contribution in [2.45, 2.75) is 25.4 Å². The second kappa shape index (κ2) is 5.81. The molecule has 1 saturated carbocycles. The molecule has 1 N–H and O–H groups in total. The molecule has 1 aromatic heterocycles. The Morgan fingerprint density at radius 2 is 2.15 bits per heavy atom. The van der Waals surface area contributed by atoms with Crippen molar-refractivity contribution in [3.05, 3.63) is 47.1 Å².